The third-order valence-electron chi connectivity index (χ3n) is 11.3. The van der Waals surface area contributed by atoms with Gasteiger partial charge in [-0.2, -0.15) is 0 Å². The van der Waals surface area contributed by atoms with E-state index < -0.39 is 0 Å². The molecule has 4 aromatic heterocycles. The fourth-order valence-corrected chi connectivity index (χ4v) is 8.44. The molecule has 0 atom stereocenters. The molecule has 13 nitrogen and oxygen atoms in total. The summed E-state index contributed by atoms with van der Waals surface area (Å²) < 4.78 is 0. The quantitative estimate of drug-likeness (QED) is 0.119. The Morgan fingerprint density at radius 2 is 1.03 bits per heavy atom. The molecule has 8 rings (SSSR count). The van der Waals surface area contributed by atoms with Crippen LogP contribution in [0.1, 0.15) is 36.9 Å². The van der Waals surface area contributed by atoms with Crippen LogP contribution in [0.15, 0.2) is 91.9 Å². The lowest BCUT2D eigenvalue weighted by Gasteiger charge is -2.42. The first-order valence-electron chi connectivity index (χ1n) is 18.8. The highest BCUT2D eigenvalue weighted by Gasteiger charge is 2.38. The molecular weight excluding hydrogens is 816 g/mol. The summed E-state index contributed by atoms with van der Waals surface area (Å²) in [5.74, 6) is 2.13. The first kappa shape index (κ1) is 41.3. The van der Waals surface area contributed by atoms with Crippen molar-refractivity contribution in [2.75, 3.05) is 60.5 Å². The van der Waals surface area contributed by atoms with Gasteiger partial charge in [0.15, 0.2) is 11.6 Å². The Labute approximate surface area is 357 Å². The second kappa shape index (κ2) is 17.9. The van der Waals surface area contributed by atoms with E-state index in [1.54, 1.807) is 36.9 Å². The zero-order valence-electron chi connectivity index (χ0n) is 31.6. The number of anilines is 4. The van der Waals surface area contributed by atoms with Crippen LogP contribution < -0.4 is 32.7 Å². The van der Waals surface area contributed by atoms with Crippen LogP contribution in [0.3, 0.4) is 0 Å². The second-order valence-electron chi connectivity index (χ2n) is 14.4. The number of halogens is 4. The summed E-state index contributed by atoms with van der Waals surface area (Å²) in [7, 11) is 0. The summed E-state index contributed by atoms with van der Waals surface area (Å²) >= 11 is 24.8. The standard InChI is InChI=1S/C21H22Cl2N6.C20H21Cl2N7/c22-16-3-1-2-15(18(16)23)19-20(25)28-17(12-27-19)29-10-6-21(13-24,7-11-29)14-4-8-26-9-5-14;21-14-3-1-2-13(17(14)22)18-19(24)28-16(11-27-18)29-8-4-20(12-23,5-9-29)15-10-25-6-7-26-15/h1-5,8-9,12H,6-7,10-11,13,24H2,(H2,25,28);1-3,6-7,10-11H,4-5,8-9,12,23H2,(H2,24,28). The van der Waals surface area contributed by atoms with Gasteiger partial charge in [-0.15, -0.1) is 0 Å². The van der Waals surface area contributed by atoms with E-state index in [-0.39, 0.29) is 10.8 Å². The zero-order chi connectivity index (χ0) is 40.9. The van der Waals surface area contributed by atoms with Crippen molar-refractivity contribution < 1.29 is 0 Å². The van der Waals surface area contributed by atoms with Crippen molar-refractivity contribution in [1.82, 2.24) is 34.9 Å². The van der Waals surface area contributed by atoms with Gasteiger partial charge < -0.3 is 32.7 Å². The van der Waals surface area contributed by atoms with Crippen molar-refractivity contribution in [1.29, 1.82) is 0 Å². The minimum atomic E-state index is -0.169. The number of rotatable bonds is 8. The van der Waals surface area contributed by atoms with Crippen molar-refractivity contribution in [3.05, 3.63) is 123 Å². The molecule has 0 unspecified atom stereocenters. The molecule has 2 aromatic carbocycles. The van der Waals surface area contributed by atoms with Crippen LogP contribution >= 0.6 is 46.4 Å². The smallest absolute Gasteiger partial charge is 0.152 e. The molecule has 58 heavy (non-hydrogen) atoms. The molecule has 300 valence electrons. The Kier molecular flexibility index (Phi) is 12.8. The largest absolute Gasteiger partial charge is 0.382 e. The van der Waals surface area contributed by atoms with Gasteiger partial charge in [-0.25, -0.2) is 19.9 Å². The van der Waals surface area contributed by atoms with Crippen LogP contribution in [0.5, 0.6) is 0 Å². The Morgan fingerprint density at radius 1 is 0.552 bits per heavy atom. The van der Waals surface area contributed by atoms with Crippen LogP contribution in [0.2, 0.25) is 20.1 Å². The number of hydrogen-bond acceptors (Lipinski definition) is 13. The van der Waals surface area contributed by atoms with Gasteiger partial charge in [-0.3, -0.25) is 15.0 Å². The lowest BCUT2D eigenvalue weighted by atomic mass is 9.73. The third kappa shape index (κ3) is 8.47. The van der Waals surface area contributed by atoms with E-state index in [1.807, 2.05) is 42.9 Å². The van der Waals surface area contributed by atoms with Crippen molar-refractivity contribution in [2.24, 2.45) is 11.5 Å². The summed E-state index contributed by atoms with van der Waals surface area (Å²) in [6.45, 7) is 4.33. The van der Waals surface area contributed by atoms with Crippen molar-refractivity contribution in [2.45, 2.75) is 36.5 Å². The summed E-state index contributed by atoms with van der Waals surface area (Å²) in [6.07, 6.45) is 15.9. The van der Waals surface area contributed by atoms with Crippen LogP contribution in [0.4, 0.5) is 23.3 Å². The molecular formula is C41H43Cl4N13. The molecule has 8 N–H and O–H groups in total. The Morgan fingerprint density at radius 3 is 1.47 bits per heavy atom. The number of nitrogens with zero attached hydrogens (tertiary/aromatic N) is 9. The molecule has 0 aliphatic carbocycles. The van der Waals surface area contributed by atoms with E-state index in [0.29, 0.717) is 67.3 Å². The van der Waals surface area contributed by atoms with Gasteiger partial charge in [0.1, 0.15) is 23.0 Å². The first-order chi connectivity index (χ1) is 28.1. The summed E-state index contributed by atoms with van der Waals surface area (Å²) in [4.78, 5) is 35.4. The fourth-order valence-electron chi connectivity index (χ4n) is 7.66. The van der Waals surface area contributed by atoms with Crippen LogP contribution in [-0.2, 0) is 10.8 Å². The van der Waals surface area contributed by atoms with E-state index in [1.165, 1.54) is 5.56 Å². The van der Waals surface area contributed by atoms with E-state index >= 15 is 0 Å². The lowest BCUT2D eigenvalue weighted by molar-refractivity contribution is 0.329. The number of nitrogens with two attached hydrogens (primary N) is 4. The number of nitrogen functional groups attached to an aromatic ring is 2. The lowest BCUT2D eigenvalue weighted by Crippen LogP contribution is -2.47. The first-order valence-corrected chi connectivity index (χ1v) is 20.3. The monoisotopic (exact) mass is 857 g/mol. The maximum absolute atomic E-state index is 6.31. The van der Waals surface area contributed by atoms with Gasteiger partial charge in [0.25, 0.3) is 0 Å². The van der Waals surface area contributed by atoms with Crippen LogP contribution in [0.25, 0.3) is 22.5 Å². The molecule has 0 saturated carbocycles. The molecule has 2 aliphatic heterocycles. The number of benzene rings is 2. The molecule has 0 radical (unpaired) electrons. The zero-order valence-corrected chi connectivity index (χ0v) is 34.6. The molecule has 2 fully saturated rings. The molecule has 6 aromatic rings. The molecule has 2 aliphatic rings. The molecule has 0 amide bonds. The van der Waals surface area contributed by atoms with E-state index in [4.69, 9.17) is 69.3 Å². The minimum absolute atomic E-state index is 0.0351. The van der Waals surface area contributed by atoms with Gasteiger partial charge in [0.2, 0.25) is 0 Å². The topological polar surface area (TPSA) is 201 Å². The second-order valence-corrected chi connectivity index (χ2v) is 16.0. The average molecular weight is 860 g/mol. The summed E-state index contributed by atoms with van der Waals surface area (Å²) in [5, 5.41) is 1.75. The number of pyridine rings is 1. The predicted molar refractivity (Wildman–Crippen MR) is 234 cm³/mol. The highest BCUT2D eigenvalue weighted by Crippen LogP contribution is 2.39. The Balaban J connectivity index is 0.000000177. The normalized spacial score (nSPS) is 16.0. The fraction of sp³-hybridized carbons (Fsp3) is 0.293. The molecule has 0 spiro atoms. The number of aromatic nitrogens is 7. The predicted octanol–water partition coefficient (Wildman–Crippen LogP) is 7.24. The van der Waals surface area contributed by atoms with Gasteiger partial charge in [0, 0.05) is 92.2 Å². The van der Waals surface area contributed by atoms with Crippen LogP contribution in [-0.4, -0.2) is 74.2 Å². The van der Waals surface area contributed by atoms with E-state index in [9.17, 15) is 0 Å². The number of piperidine rings is 2. The number of hydrogen-bond donors (Lipinski definition) is 4. The van der Waals surface area contributed by atoms with Gasteiger partial charge in [0.05, 0.1) is 38.2 Å². The highest BCUT2D eigenvalue weighted by molar-refractivity contribution is 6.44. The third-order valence-corrected chi connectivity index (χ3v) is 12.9. The minimum Gasteiger partial charge on any atom is -0.382 e. The van der Waals surface area contributed by atoms with Crippen molar-refractivity contribution in [3.63, 3.8) is 0 Å². The van der Waals surface area contributed by atoms with E-state index in [2.05, 4.69) is 56.8 Å². The SMILES string of the molecule is NCC1(c2ccncc2)CCN(c2cnc(-c3cccc(Cl)c3Cl)c(N)n2)CC1.NCC1(c2cnccn2)CCN(c2cnc(-c3cccc(Cl)c3Cl)c(N)n2)CC1. The van der Waals surface area contributed by atoms with Gasteiger partial charge in [-0.05, 0) is 55.5 Å². The molecule has 6 heterocycles. The van der Waals surface area contributed by atoms with Gasteiger partial charge in [-0.1, -0.05) is 70.7 Å². The van der Waals surface area contributed by atoms with Crippen molar-refractivity contribution in [3.8, 4) is 22.5 Å². The molecule has 2 saturated heterocycles. The maximum atomic E-state index is 6.31. The maximum Gasteiger partial charge on any atom is 0.152 e. The van der Waals surface area contributed by atoms with Crippen LogP contribution in [0, 0.1) is 0 Å². The van der Waals surface area contributed by atoms with E-state index in [0.717, 1.165) is 69.2 Å². The Bertz CT molecular complexity index is 2170. The van der Waals surface area contributed by atoms with Crippen molar-refractivity contribution >= 4 is 69.7 Å². The summed E-state index contributed by atoms with van der Waals surface area (Å²) in [5.41, 5.74) is 29.1. The molecule has 17 heteroatoms. The highest BCUT2D eigenvalue weighted by atomic mass is 35.5. The average Bonchev–Trinajstić information content (AvgIpc) is 3.27. The molecule has 0 bridgehead atoms. The van der Waals surface area contributed by atoms with Gasteiger partial charge >= 0.3 is 0 Å². The Hall–Kier alpha value is -4.89. The summed E-state index contributed by atoms with van der Waals surface area (Å²) in [6, 6.07) is 14.8.